The number of hydrogen-bond donors (Lipinski definition) is 2. The van der Waals surface area contributed by atoms with E-state index in [0.717, 1.165) is 5.56 Å². The normalized spacial score (nSPS) is 15.5. The monoisotopic (exact) mass is 438 g/mol. The Morgan fingerprint density at radius 3 is 2.91 bits per heavy atom. The molecule has 2 aromatic rings. The fourth-order valence-electron chi connectivity index (χ4n) is 3.63. The fourth-order valence-corrected chi connectivity index (χ4v) is 3.63. The van der Waals surface area contributed by atoms with Gasteiger partial charge in [0, 0.05) is 31.0 Å². The predicted octanol–water partition coefficient (Wildman–Crippen LogP) is 0.885. The molecule has 168 valence electrons. The standard InChI is InChI=1S/C22H26N6O4/c1-27(2)12-15(29)13-32-17-7-6-16-18(19(17)31-3)25-22(28-10-9-24-20(16)28)26-21(30)14-5-4-8-23-11-14/h4-8,11,15,29H,9-10,12-13H2,1-3H3,(H,25,26,30)/t15-/m1/s1. The van der Waals surface area contributed by atoms with Gasteiger partial charge >= 0.3 is 0 Å². The van der Waals surface area contributed by atoms with Crippen LogP contribution in [0.25, 0.3) is 0 Å². The maximum atomic E-state index is 12.7. The number of likely N-dealkylation sites (N-methyl/N-ethyl adjacent to an activating group) is 1. The van der Waals surface area contributed by atoms with Gasteiger partial charge in [-0.25, -0.2) is 4.99 Å². The number of ether oxygens (including phenoxy) is 2. The summed E-state index contributed by atoms with van der Waals surface area (Å²) in [5.74, 6) is 1.64. The van der Waals surface area contributed by atoms with Gasteiger partial charge in [-0.2, -0.15) is 0 Å². The van der Waals surface area contributed by atoms with Crippen molar-refractivity contribution < 1.29 is 19.4 Å². The summed E-state index contributed by atoms with van der Waals surface area (Å²) in [6.07, 6.45) is 2.45. The number of fused-ring (bicyclic) bond motifs is 3. The molecule has 0 bridgehead atoms. The molecule has 0 fully saturated rings. The number of carbonyl (C=O) groups excluding carboxylic acids is 1. The number of methoxy groups -OCH3 is 1. The number of carbonyl (C=O) groups is 1. The second-order valence-corrected chi connectivity index (χ2v) is 7.71. The molecule has 1 amide bonds. The van der Waals surface area contributed by atoms with Crippen molar-refractivity contribution in [2.45, 2.75) is 6.10 Å². The van der Waals surface area contributed by atoms with Gasteiger partial charge < -0.3 is 19.5 Å². The Bertz CT molecular complexity index is 1050. The van der Waals surface area contributed by atoms with Crippen LogP contribution in [0.4, 0.5) is 5.69 Å². The van der Waals surface area contributed by atoms with E-state index in [4.69, 9.17) is 14.5 Å². The Morgan fingerprint density at radius 2 is 2.19 bits per heavy atom. The third kappa shape index (κ3) is 4.41. The minimum atomic E-state index is -0.654. The first kappa shape index (κ1) is 21.7. The number of aliphatic hydroxyl groups is 1. The first-order chi connectivity index (χ1) is 15.5. The van der Waals surface area contributed by atoms with Gasteiger partial charge in [-0.15, -0.1) is 0 Å². The summed E-state index contributed by atoms with van der Waals surface area (Å²) in [5, 5.41) is 13.0. The van der Waals surface area contributed by atoms with Crippen LogP contribution < -0.4 is 14.8 Å². The fraction of sp³-hybridized carbons (Fsp3) is 0.364. The molecule has 0 unspecified atom stereocenters. The Kier molecular flexibility index (Phi) is 6.33. The molecule has 2 N–H and O–H groups in total. The van der Waals surface area contributed by atoms with E-state index in [0.29, 0.717) is 54.2 Å². The zero-order valence-electron chi connectivity index (χ0n) is 18.3. The van der Waals surface area contributed by atoms with E-state index in [-0.39, 0.29) is 12.5 Å². The van der Waals surface area contributed by atoms with Gasteiger partial charge in [-0.05, 0) is 38.4 Å². The van der Waals surface area contributed by atoms with Gasteiger partial charge in [-0.1, -0.05) is 0 Å². The number of guanidine groups is 1. The smallest absolute Gasteiger partial charge is 0.259 e. The van der Waals surface area contributed by atoms with E-state index in [2.05, 4.69) is 15.3 Å². The van der Waals surface area contributed by atoms with Crippen LogP contribution >= 0.6 is 0 Å². The largest absolute Gasteiger partial charge is 0.491 e. The van der Waals surface area contributed by atoms with E-state index < -0.39 is 6.10 Å². The van der Waals surface area contributed by atoms with E-state index in [1.807, 2.05) is 30.0 Å². The maximum absolute atomic E-state index is 12.7. The maximum Gasteiger partial charge on any atom is 0.259 e. The van der Waals surface area contributed by atoms with Crippen LogP contribution in [0.15, 0.2) is 46.6 Å². The lowest BCUT2D eigenvalue weighted by atomic mass is 10.1. The van der Waals surface area contributed by atoms with Crippen molar-refractivity contribution in [3.63, 3.8) is 0 Å². The zero-order valence-corrected chi connectivity index (χ0v) is 18.3. The SMILES string of the molecule is COc1c(OC[C@H](O)CN(C)C)ccc2c1N=C(NC(=O)c1cccnc1)N1CCN=C21. The Balaban J connectivity index is 1.65. The Morgan fingerprint density at radius 1 is 1.34 bits per heavy atom. The van der Waals surface area contributed by atoms with Gasteiger partial charge in [0.25, 0.3) is 5.91 Å². The first-order valence-corrected chi connectivity index (χ1v) is 10.3. The second-order valence-electron chi connectivity index (χ2n) is 7.71. The lowest BCUT2D eigenvalue weighted by molar-refractivity contribution is 0.0818. The van der Waals surface area contributed by atoms with Crippen molar-refractivity contribution in [3.8, 4) is 11.5 Å². The quantitative estimate of drug-likeness (QED) is 0.660. The number of aromatic nitrogens is 1. The number of hydrogen-bond acceptors (Lipinski definition) is 9. The highest BCUT2D eigenvalue weighted by Crippen LogP contribution is 2.43. The molecule has 0 aliphatic carbocycles. The minimum Gasteiger partial charge on any atom is -0.491 e. The number of amides is 1. The average molecular weight is 438 g/mol. The predicted molar refractivity (Wildman–Crippen MR) is 120 cm³/mol. The number of aliphatic hydroxyl groups excluding tert-OH is 1. The first-order valence-electron chi connectivity index (χ1n) is 10.3. The molecule has 0 saturated carbocycles. The van der Waals surface area contributed by atoms with Crippen LogP contribution in [0.3, 0.4) is 0 Å². The molecule has 0 spiro atoms. The number of aliphatic imine (C=N–C) groups is 2. The van der Waals surface area contributed by atoms with Crippen molar-refractivity contribution in [2.24, 2.45) is 9.98 Å². The molecule has 10 nitrogen and oxygen atoms in total. The van der Waals surface area contributed by atoms with E-state index in [9.17, 15) is 9.90 Å². The Labute approximate surface area is 186 Å². The highest BCUT2D eigenvalue weighted by atomic mass is 16.5. The molecule has 0 radical (unpaired) electrons. The molecule has 3 heterocycles. The number of nitrogens with zero attached hydrogens (tertiary/aromatic N) is 5. The second kappa shape index (κ2) is 9.33. The summed E-state index contributed by atoms with van der Waals surface area (Å²) in [6, 6.07) is 7.04. The van der Waals surface area contributed by atoms with Crippen LogP contribution in [0.1, 0.15) is 15.9 Å². The average Bonchev–Trinajstić information content (AvgIpc) is 3.28. The molecular weight excluding hydrogens is 412 g/mol. The minimum absolute atomic E-state index is 0.106. The molecule has 4 rings (SSSR count). The third-order valence-corrected chi connectivity index (χ3v) is 5.01. The highest BCUT2D eigenvalue weighted by Gasteiger charge is 2.33. The van der Waals surface area contributed by atoms with Gasteiger partial charge in [0.05, 0.1) is 19.2 Å². The molecule has 32 heavy (non-hydrogen) atoms. The topological polar surface area (TPSA) is 112 Å². The van der Waals surface area contributed by atoms with Gasteiger partial charge in [0.15, 0.2) is 11.5 Å². The number of pyridine rings is 1. The van der Waals surface area contributed by atoms with Crippen LogP contribution in [-0.2, 0) is 0 Å². The van der Waals surface area contributed by atoms with Crippen molar-refractivity contribution in [1.29, 1.82) is 0 Å². The summed E-state index contributed by atoms with van der Waals surface area (Å²) in [4.78, 5) is 29.8. The molecule has 1 atom stereocenters. The van der Waals surface area contributed by atoms with Crippen LogP contribution in [0.2, 0.25) is 0 Å². The molecule has 0 saturated heterocycles. The summed E-state index contributed by atoms with van der Waals surface area (Å²) < 4.78 is 11.5. The molecule has 10 heteroatoms. The van der Waals surface area contributed by atoms with E-state index in [1.165, 1.54) is 13.3 Å². The molecular formula is C22H26N6O4. The zero-order chi connectivity index (χ0) is 22.7. The van der Waals surface area contributed by atoms with Crippen molar-refractivity contribution in [1.82, 2.24) is 20.1 Å². The highest BCUT2D eigenvalue weighted by molar-refractivity contribution is 6.20. The van der Waals surface area contributed by atoms with Gasteiger partial charge in [0.1, 0.15) is 24.2 Å². The van der Waals surface area contributed by atoms with Crippen molar-refractivity contribution in [3.05, 3.63) is 47.8 Å². The third-order valence-electron chi connectivity index (χ3n) is 5.01. The van der Waals surface area contributed by atoms with Gasteiger partial charge in [0.2, 0.25) is 5.96 Å². The lowest BCUT2D eigenvalue weighted by Gasteiger charge is -2.28. The van der Waals surface area contributed by atoms with E-state index >= 15 is 0 Å². The summed E-state index contributed by atoms with van der Waals surface area (Å²) in [6.45, 7) is 1.78. The van der Waals surface area contributed by atoms with E-state index in [1.54, 1.807) is 24.4 Å². The number of benzene rings is 1. The number of nitrogens with one attached hydrogen (secondary N) is 1. The Hall–Kier alpha value is -3.50. The number of amidine groups is 1. The molecule has 1 aromatic heterocycles. The van der Waals surface area contributed by atoms with Crippen LogP contribution in [0, 0.1) is 0 Å². The van der Waals surface area contributed by atoms with Crippen LogP contribution in [0.5, 0.6) is 11.5 Å². The summed E-state index contributed by atoms with van der Waals surface area (Å²) in [5.41, 5.74) is 1.74. The summed E-state index contributed by atoms with van der Waals surface area (Å²) >= 11 is 0. The molecule has 2 aliphatic heterocycles. The van der Waals surface area contributed by atoms with Crippen LogP contribution in [-0.4, -0.2) is 91.1 Å². The van der Waals surface area contributed by atoms with Crippen molar-refractivity contribution >= 4 is 23.4 Å². The number of rotatable bonds is 7. The molecule has 2 aliphatic rings. The molecule has 1 aromatic carbocycles. The van der Waals surface area contributed by atoms with Gasteiger partial charge in [-0.3, -0.25) is 25.0 Å². The van der Waals surface area contributed by atoms with Crippen molar-refractivity contribution in [2.75, 3.05) is 47.4 Å². The lowest BCUT2D eigenvalue weighted by Crippen LogP contribution is -2.47. The summed E-state index contributed by atoms with van der Waals surface area (Å²) in [7, 11) is 5.30.